The highest BCUT2D eigenvalue weighted by Gasteiger charge is 2.30. The Bertz CT molecular complexity index is 583. The van der Waals surface area contributed by atoms with Gasteiger partial charge in [-0.15, -0.1) is 0 Å². The number of halogens is 3. The van der Waals surface area contributed by atoms with E-state index in [0.29, 0.717) is 11.0 Å². The molecule has 2 aromatic rings. The summed E-state index contributed by atoms with van der Waals surface area (Å²) in [6.07, 6.45) is -5.19. The standard InChI is InChI=1S/C12H13F3N4/c1-7(6-12(13,14)15)17-11-10(16)18-8-4-2-3-5-9(8)19-11/h2-5,7H,6H2,1H3,(H2,16,18)(H,17,19). The molecule has 2 rings (SSSR count). The minimum absolute atomic E-state index is 0.0905. The molecule has 1 unspecified atom stereocenters. The molecule has 7 heteroatoms. The lowest BCUT2D eigenvalue weighted by molar-refractivity contribution is -0.136. The molecule has 0 saturated heterocycles. The number of fused-ring (bicyclic) bond motifs is 1. The fourth-order valence-corrected chi connectivity index (χ4v) is 1.75. The summed E-state index contributed by atoms with van der Waals surface area (Å²) >= 11 is 0. The van der Waals surface area contributed by atoms with E-state index in [1.165, 1.54) is 6.92 Å². The monoisotopic (exact) mass is 270 g/mol. The van der Waals surface area contributed by atoms with Crippen molar-refractivity contribution in [1.29, 1.82) is 0 Å². The highest BCUT2D eigenvalue weighted by molar-refractivity contribution is 5.79. The number of aromatic nitrogens is 2. The molecule has 0 aliphatic rings. The Hall–Kier alpha value is -2.05. The van der Waals surface area contributed by atoms with Gasteiger partial charge in [-0.25, -0.2) is 9.97 Å². The number of hydrogen-bond acceptors (Lipinski definition) is 4. The molecule has 0 aliphatic carbocycles. The van der Waals surface area contributed by atoms with Gasteiger partial charge in [0.25, 0.3) is 0 Å². The quantitative estimate of drug-likeness (QED) is 0.900. The van der Waals surface area contributed by atoms with Crippen LogP contribution in [0.1, 0.15) is 13.3 Å². The minimum atomic E-state index is -4.23. The molecule has 0 bridgehead atoms. The van der Waals surface area contributed by atoms with Crippen molar-refractivity contribution in [2.24, 2.45) is 0 Å². The molecular formula is C12H13F3N4. The third kappa shape index (κ3) is 3.46. The van der Waals surface area contributed by atoms with Gasteiger partial charge in [-0.05, 0) is 19.1 Å². The van der Waals surface area contributed by atoms with E-state index in [0.717, 1.165) is 0 Å². The van der Waals surface area contributed by atoms with Crippen molar-refractivity contribution in [2.75, 3.05) is 11.1 Å². The Morgan fingerprint density at radius 2 is 1.79 bits per heavy atom. The molecule has 1 aromatic heterocycles. The Kier molecular flexibility index (Phi) is 3.46. The molecular weight excluding hydrogens is 257 g/mol. The number of nitrogen functional groups attached to an aromatic ring is 1. The van der Waals surface area contributed by atoms with Crippen molar-refractivity contribution in [2.45, 2.75) is 25.6 Å². The zero-order valence-electron chi connectivity index (χ0n) is 10.2. The van der Waals surface area contributed by atoms with Gasteiger partial charge in [-0.3, -0.25) is 0 Å². The number of benzene rings is 1. The zero-order chi connectivity index (χ0) is 14.0. The first kappa shape index (κ1) is 13.4. The number of hydrogen-bond donors (Lipinski definition) is 2. The van der Waals surface area contributed by atoms with E-state index in [-0.39, 0.29) is 11.6 Å². The van der Waals surface area contributed by atoms with Crippen LogP contribution in [-0.2, 0) is 0 Å². The molecule has 0 saturated carbocycles. The maximum absolute atomic E-state index is 12.3. The maximum Gasteiger partial charge on any atom is 0.391 e. The summed E-state index contributed by atoms with van der Waals surface area (Å²) < 4.78 is 36.8. The molecule has 0 spiro atoms. The molecule has 102 valence electrons. The van der Waals surface area contributed by atoms with Crippen molar-refractivity contribution in [3.8, 4) is 0 Å². The first-order chi connectivity index (χ1) is 8.85. The molecule has 4 nitrogen and oxygen atoms in total. The van der Waals surface area contributed by atoms with E-state index >= 15 is 0 Å². The summed E-state index contributed by atoms with van der Waals surface area (Å²) in [4.78, 5) is 8.28. The van der Waals surface area contributed by atoms with Crippen LogP contribution >= 0.6 is 0 Å². The fraction of sp³-hybridized carbons (Fsp3) is 0.333. The first-order valence-corrected chi connectivity index (χ1v) is 5.71. The van der Waals surface area contributed by atoms with Crippen molar-refractivity contribution < 1.29 is 13.2 Å². The van der Waals surface area contributed by atoms with Crippen LogP contribution in [0.25, 0.3) is 11.0 Å². The van der Waals surface area contributed by atoms with E-state index in [4.69, 9.17) is 5.73 Å². The van der Waals surface area contributed by atoms with Gasteiger partial charge in [0, 0.05) is 6.04 Å². The van der Waals surface area contributed by atoms with Gasteiger partial charge < -0.3 is 11.1 Å². The average Bonchev–Trinajstić information content (AvgIpc) is 2.27. The Morgan fingerprint density at radius 1 is 1.21 bits per heavy atom. The predicted molar refractivity (Wildman–Crippen MR) is 67.7 cm³/mol. The lowest BCUT2D eigenvalue weighted by Gasteiger charge is -2.17. The van der Waals surface area contributed by atoms with Crippen molar-refractivity contribution >= 4 is 22.7 Å². The van der Waals surface area contributed by atoms with Gasteiger partial charge in [0.1, 0.15) is 0 Å². The largest absolute Gasteiger partial charge is 0.391 e. The molecule has 0 amide bonds. The topological polar surface area (TPSA) is 63.8 Å². The second-order valence-corrected chi connectivity index (χ2v) is 4.31. The van der Waals surface area contributed by atoms with Gasteiger partial charge in [0.2, 0.25) is 0 Å². The summed E-state index contributed by atoms with van der Waals surface area (Å²) in [5, 5.41) is 2.64. The van der Waals surface area contributed by atoms with Gasteiger partial charge in [0.15, 0.2) is 11.6 Å². The van der Waals surface area contributed by atoms with Crippen LogP contribution in [0.15, 0.2) is 24.3 Å². The highest BCUT2D eigenvalue weighted by atomic mass is 19.4. The van der Waals surface area contributed by atoms with Crippen molar-refractivity contribution in [3.63, 3.8) is 0 Å². The summed E-state index contributed by atoms with van der Waals surface area (Å²) in [5.41, 5.74) is 6.87. The van der Waals surface area contributed by atoms with E-state index < -0.39 is 18.6 Å². The lowest BCUT2D eigenvalue weighted by Crippen LogP contribution is -2.25. The Labute approximate surface area is 107 Å². The average molecular weight is 270 g/mol. The third-order valence-corrected chi connectivity index (χ3v) is 2.52. The fourth-order valence-electron chi connectivity index (χ4n) is 1.75. The van der Waals surface area contributed by atoms with Crippen LogP contribution in [0.3, 0.4) is 0 Å². The zero-order valence-corrected chi connectivity index (χ0v) is 10.2. The first-order valence-electron chi connectivity index (χ1n) is 5.71. The second-order valence-electron chi connectivity index (χ2n) is 4.31. The van der Waals surface area contributed by atoms with E-state index in [1.54, 1.807) is 24.3 Å². The SMILES string of the molecule is CC(CC(F)(F)F)Nc1nc2ccccc2nc1N. The highest BCUT2D eigenvalue weighted by Crippen LogP contribution is 2.25. The van der Waals surface area contributed by atoms with E-state index in [2.05, 4.69) is 15.3 Å². The summed E-state index contributed by atoms with van der Waals surface area (Å²) in [6.45, 7) is 1.42. The van der Waals surface area contributed by atoms with Crippen LogP contribution < -0.4 is 11.1 Å². The molecule has 0 radical (unpaired) electrons. The summed E-state index contributed by atoms with van der Waals surface area (Å²) in [5.74, 6) is 0.267. The molecule has 1 atom stereocenters. The summed E-state index contributed by atoms with van der Waals surface area (Å²) in [7, 11) is 0. The van der Waals surface area contributed by atoms with Crippen molar-refractivity contribution in [3.05, 3.63) is 24.3 Å². The Morgan fingerprint density at radius 3 is 2.37 bits per heavy atom. The smallest absolute Gasteiger partial charge is 0.381 e. The van der Waals surface area contributed by atoms with E-state index in [9.17, 15) is 13.2 Å². The van der Waals surface area contributed by atoms with Crippen LogP contribution in [0.4, 0.5) is 24.8 Å². The third-order valence-electron chi connectivity index (χ3n) is 2.52. The Balaban J connectivity index is 2.23. The van der Waals surface area contributed by atoms with Gasteiger partial charge in [0.05, 0.1) is 17.5 Å². The molecule has 0 fully saturated rings. The number of alkyl halides is 3. The van der Waals surface area contributed by atoms with Gasteiger partial charge in [-0.2, -0.15) is 13.2 Å². The number of rotatable bonds is 3. The molecule has 3 N–H and O–H groups in total. The van der Waals surface area contributed by atoms with Crippen molar-refractivity contribution in [1.82, 2.24) is 9.97 Å². The number of nitrogens with zero attached hydrogens (tertiary/aromatic N) is 2. The van der Waals surface area contributed by atoms with Crippen LogP contribution in [0, 0.1) is 0 Å². The number of nitrogens with two attached hydrogens (primary N) is 1. The van der Waals surface area contributed by atoms with Gasteiger partial charge >= 0.3 is 6.18 Å². The number of nitrogens with one attached hydrogen (secondary N) is 1. The van der Waals surface area contributed by atoms with Crippen LogP contribution in [0.2, 0.25) is 0 Å². The predicted octanol–water partition coefficient (Wildman–Crippen LogP) is 2.96. The lowest BCUT2D eigenvalue weighted by atomic mass is 10.2. The van der Waals surface area contributed by atoms with Gasteiger partial charge in [-0.1, -0.05) is 12.1 Å². The second kappa shape index (κ2) is 4.91. The molecule has 0 aliphatic heterocycles. The summed E-state index contributed by atoms with van der Waals surface area (Å²) in [6, 6.07) is 6.20. The molecule has 1 aromatic carbocycles. The normalized spacial score (nSPS) is 13.5. The van der Waals surface area contributed by atoms with Crippen LogP contribution in [0.5, 0.6) is 0 Å². The van der Waals surface area contributed by atoms with Crippen LogP contribution in [-0.4, -0.2) is 22.2 Å². The number of anilines is 2. The maximum atomic E-state index is 12.3. The molecule has 1 heterocycles. The minimum Gasteiger partial charge on any atom is -0.381 e. The van der Waals surface area contributed by atoms with E-state index in [1.807, 2.05) is 0 Å². The molecule has 19 heavy (non-hydrogen) atoms. The number of para-hydroxylation sites is 2.